The Morgan fingerprint density at radius 1 is 1.24 bits per heavy atom. The third-order valence-corrected chi connectivity index (χ3v) is 3.19. The largest absolute Gasteiger partial charge is 0.495 e. The molecule has 0 bridgehead atoms. The molecule has 0 aliphatic rings. The van der Waals surface area contributed by atoms with Gasteiger partial charge >= 0.3 is 0 Å². The van der Waals surface area contributed by atoms with E-state index in [0.29, 0.717) is 16.5 Å². The summed E-state index contributed by atoms with van der Waals surface area (Å²) in [6.07, 6.45) is 0. The number of nitrogens with one attached hydrogen (secondary N) is 1. The fourth-order valence-electron chi connectivity index (χ4n) is 1.80. The van der Waals surface area contributed by atoms with Crippen LogP contribution in [0.3, 0.4) is 0 Å². The van der Waals surface area contributed by atoms with E-state index in [2.05, 4.69) is 5.32 Å². The number of benzene rings is 2. The molecular formula is C15H11ClF2N2O. The first-order chi connectivity index (χ1) is 10.0. The number of anilines is 1. The topological polar surface area (TPSA) is 45.0 Å². The summed E-state index contributed by atoms with van der Waals surface area (Å²) < 4.78 is 32.5. The smallest absolute Gasteiger partial charge is 0.137 e. The fourth-order valence-corrected chi connectivity index (χ4v) is 2.06. The van der Waals surface area contributed by atoms with Gasteiger partial charge in [-0.25, -0.2) is 8.78 Å². The Hall–Kier alpha value is -2.32. The molecule has 0 amide bonds. The highest BCUT2D eigenvalue weighted by atomic mass is 35.5. The van der Waals surface area contributed by atoms with Crippen molar-refractivity contribution in [1.29, 1.82) is 5.26 Å². The van der Waals surface area contributed by atoms with Crippen LogP contribution in [-0.2, 0) is 6.54 Å². The maximum atomic E-state index is 13.7. The predicted molar refractivity (Wildman–Crippen MR) is 76.4 cm³/mol. The Balaban J connectivity index is 2.17. The van der Waals surface area contributed by atoms with Crippen molar-refractivity contribution in [1.82, 2.24) is 0 Å². The number of nitrogens with zero attached hydrogens (tertiary/aromatic N) is 1. The summed E-state index contributed by atoms with van der Waals surface area (Å²) in [5.41, 5.74) is 0.408. The summed E-state index contributed by atoms with van der Waals surface area (Å²) in [6, 6.07) is 8.63. The molecule has 0 spiro atoms. The Bertz CT molecular complexity index is 690. The molecule has 0 aliphatic carbocycles. The van der Waals surface area contributed by atoms with Crippen LogP contribution in [0.1, 0.15) is 11.1 Å². The zero-order chi connectivity index (χ0) is 15.4. The molecule has 0 heterocycles. The van der Waals surface area contributed by atoms with Gasteiger partial charge in [-0.3, -0.25) is 0 Å². The molecule has 1 N–H and O–H groups in total. The van der Waals surface area contributed by atoms with Gasteiger partial charge < -0.3 is 10.1 Å². The quantitative estimate of drug-likeness (QED) is 0.924. The van der Waals surface area contributed by atoms with Crippen LogP contribution in [0, 0.1) is 23.0 Å². The minimum absolute atomic E-state index is 0.0544. The molecule has 3 nitrogen and oxygen atoms in total. The SMILES string of the molecule is COc1ccc(NCc2c(F)cc(C#N)cc2F)cc1Cl. The van der Waals surface area contributed by atoms with Crippen molar-refractivity contribution in [2.75, 3.05) is 12.4 Å². The number of rotatable bonds is 4. The lowest BCUT2D eigenvalue weighted by molar-refractivity contribution is 0.415. The summed E-state index contributed by atoms with van der Waals surface area (Å²) in [6.45, 7) is -0.0635. The van der Waals surface area contributed by atoms with Gasteiger partial charge in [0, 0.05) is 17.8 Å². The zero-order valence-electron chi connectivity index (χ0n) is 11.1. The predicted octanol–water partition coefficient (Wildman–Crippen LogP) is 4.11. The Morgan fingerprint density at radius 2 is 1.90 bits per heavy atom. The maximum Gasteiger partial charge on any atom is 0.137 e. The lowest BCUT2D eigenvalue weighted by Crippen LogP contribution is -2.05. The number of nitriles is 1. The van der Waals surface area contributed by atoms with Gasteiger partial charge in [0.2, 0.25) is 0 Å². The van der Waals surface area contributed by atoms with Crippen molar-refractivity contribution in [3.63, 3.8) is 0 Å². The Kier molecular flexibility index (Phi) is 4.61. The Morgan fingerprint density at radius 3 is 2.43 bits per heavy atom. The molecule has 2 aromatic rings. The summed E-state index contributed by atoms with van der Waals surface area (Å²) in [4.78, 5) is 0. The van der Waals surface area contributed by atoms with E-state index in [1.165, 1.54) is 7.11 Å². The van der Waals surface area contributed by atoms with Crippen molar-refractivity contribution < 1.29 is 13.5 Å². The standard InChI is InChI=1S/C15H11ClF2N2O/c1-21-15-3-2-10(6-12(15)16)20-8-11-13(17)4-9(7-19)5-14(11)18/h2-6,20H,8H2,1H3. The molecule has 0 saturated carbocycles. The van der Waals surface area contributed by atoms with E-state index in [9.17, 15) is 8.78 Å². The van der Waals surface area contributed by atoms with Crippen LogP contribution in [0.5, 0.6) is 5.75 Å². The average Bonchev–Trinajstić information content (AvgIpc) is 2.46. The molecule has 0 atom stereocenters. The first-order valence-electron chi connectivity index (χ1n) is 6.00. The first-order valence-corrected chi connectivity index (χ1v) is 6.38. The van der Waals surface area contributed by atoms with Crippen LogP contribution in [0.25, 0.3) is 0 Å². The van der Waals surface area contributed by atoms with Gasteiger partial charge in [-0.2, -0.15) is 5.26 Å². The van der Waals surface area contributed by atoms with E-state index in [4.69, 9.17) is 21.6 Å². The molecule has 0 fully saturated rings. The van der Waals surface area contributed by atoms with Gasteiger partial charge in [0.25, 0.3) is 0 Å². The number of halogens is 3. The lowest BCUT2D eigenvalue weighted by atomic mass is 10.1. The second-order valence-corrected chi connectivity index (χ2v) is 4.64. The maximum absolute atomic E-state index is 13.7. The normalized spacial score (nSPS) is 10.0. The number of hydrogen-bond donors (Lipinski definition) is 1. The van der Waals surface area contributed by atoms with Crippen molar-refractivity contribution in [3.05, 3.63) is 58.1 Å². The molecular weight excluding hydrogens is 298 g/mol. The first kappa shape index (κ1) is 15.1. The Labute approximate surface area is 125 Å². The van der Waals surface area contributed by atoms with Gasteiger partial charge in [0.1, 0.15) is 17.4 Å². The highest BCUT2D eigenvalue weighted by Gasteiger charge is 2.11. The van der Waals surface area contributed by atoms with Crippen LogP contribution in [0.15, 0.2) is 30.3 Å². The van der Waals surface area contributed by atoms with Gasteiger partial charge in [0.05, 0.1) is 23.8 Å². The van der Waals surface area contributed by atoms with Crippen molar-refractivity contribution in [2.45, 2.75) is 6.54 Å². The van der Waals surface area contributed by atoms with Gasteiger partial charge in [-0.1, -0.05) is 11.6 Å². The second kappa shape index (κ2) is 6.42. The van der Waals surface area contributed by atoms with Gasteiger partial charge in [-0.15, -0.1) is 0 Å². The van der Waals surface area contributed by atoms with Crippen molar-refractivity contribution >= 4 is 17.3 Å². The van der Waals surface area contributed by atoms with Crippen LogP contribution < -0.4 is 10.1 Å². The molecule has 0 radical (unpaired) electrons. The molecule has 21 heavy (non-hydrogen) atoms. The molecule has 2 aromatic carbocycles. The molecule has 2 rings (SSSR count). The highest BCUT2D eigenvalue weighted by Crippen LogP contribution is 2.27. The minimum Gasteiger partial charge on any atom is -0.495 e. The summed E-state index contributed by atoms with van der Waals surface area (Å²) in [7, 11) is 1.50. The molecule has 0 saturated heterocycles. The number of methoxy groups -OCH3 is 1. The molecule has 6 heteroatoms. The van der Waals surface area contributed by atoms with Crippen LogP contribution in [-0.4, -0.2) is 7.11 Å². The van der Waals surface area contributed by atoms with E-state index in [0.717, 1.165) is 12.1 Å². The highest BCUT2D eigenvalue weighted by molar-refractivity contribution is 6.32. The van der Waals surface area contributed by atoms with Gasteiger partial charge in [0.15, 0.2) is 0 Å². The fraction of sp³-hybridized carbons (Fsp3) is 0.133. The lowest BCUT2D eigenvalue weighted by Gasteiger charge is -2.10. The van der Waals surface area contributed by atoms with E-state index >= 15 is 0 Å². The second-order valence-electron chi connectivity index (χ2n) is 4.23. The number of hydrogen-bond acceptors (Lipinski definition) is 3. The zero-order valence-corrected chi connectivity index (χ0v) is 11.8. The minimum atomic E-state index is -0.765. The molecule has 0 unspecified atom stereocenters. The number of ether oxygens (including phenoxy) is 1. The van der Waals surface area contributed by atoms with E-state index in [1.54, 1.807) is 24.3 Å². The third kappa shape index (κ3) is 3.41. The van der Waals surface area contributed by atoms with E-state index < -0.39 is 11.6 Å². The van der Waals surface area contributed by atoms with E-state index in [-0.39, 0.29) is 17.7 Å². The summed E-state index contributed by atoms with van der Waals surface area (Å²) in [5.74, 6) is -1.02. The van der Waals surface area contributed by atoms with Gasteiger partial charge in [-0.05, 0) is 30.3 Å². The average molecular weight is 309 g/mol. The van der Waals surface area contributed by atoms with Crippen LogP contribution in [0.2, 0.25) is 5.02 Å². The van der Waals surface area contributed by atoms with E-state index in [1.807, 2.05) is 0 Å². The van der Waals surface area contributed by atoms with Crippen molar-refractivity contribution in [2.24, 2.45) is 0 Å². The van der Waals surface area contributed by atoms with Crippen LogP contribution >= 0.6 is 11.6 Å². The molecule has 108 valence electrons. The summed E-state index contributed by atoms with van der Waals surface area (Å²) in [5, 5.41) is 11.9. The third-order valence-electron chi connectivity index (χ3n) is 2.89. The monoisotopic (exact) mass is 308 g/mol. The van der Waals surface area contributed by atoms with Crippen LogP contribution in [0.4, 0.5) is 14.5 Å². The molecule has 0 aliphatic heterocycles. The molecule has 0 aromatic heterocycles. The van der Waals surface area contributed by atoms with Crippen molar-refractivity contribution in [3.8, 4) is 11.8 Å². The summed E-state index contributed by atoms with van der Waals surface area (Å²) >= 11 is 5.96.